The van der Waals surface area contributed by atoms with Gasteiger partial charge in [0.1, 0.15) is 5.75 Å². The average molecular weight is 300 g/mol. The molecule has 22 heavy (non-hydrogen) atoms. The number of methoxy groups -OCH3 is 1. The number of carbonyl (C=O) groups is 1. The predicted molar refractivity (Wildman–Crippen MR) is 79.0 cm³/mol. The Morgan fingerprint density at radius 1 is 1.32 bits per heavy atom. The summed E-state index contributed by atoms with van der Waals surface area (Å²) in [6.07, 6.45) is 3.70. The number of hydroxylamine groups is 1. The number of nitrogens with one attached hydrogen (secondary N) is 1. The maximum absolute atomic E-state index is 11.3. The third-order valence-electron chi connectivity index (χ3n) is 3.71. The SMILES string of the molecule is COc1ccc2c(c1)CN(c1ncc(C(=O)NO)cn1)CC2. The molecule has 1 aromatic carbocycles. The van der Waals surface area contributed by atoms with Crippen molar-refractivity contribution in [3.8, 4) is 5.75 Å². The molecule has 3 rings (SSSR count). The molecule has 0 aliphatic carbocycles. The van der Waals surface area contributed by atoms with Crippen LogP contribution in [0, 0.1) is 0 Å². The third kappa shape index (κ3) is 2.71. The van der Waals surface area contributed by atoms with Gasteiger partial charge in [-0.25, -0.2) is 15.4 Å². The molecule has 0 saturated heterocycles. The Bertz CT molecular complexity index is 688. The van der Waals surface area contributed by atoms with Crippen LogP contribution in [0.25, 0.3) is 0 Å². The standard InChI is InChI=1S/C15H16N4O3/c1-22-13-3-2-10-4-5-19(9-11(10)6-13)15-16-7-12(8-17-15)14(20)18-21/h2-3,6-8,21H,4-5,9H2,1H3,(H,18,20). The zero-order valence-corrected chi connectivity index (χ0v) is 12.1. The van der Waals surface area contributed by atoms with Crippen LogP contribution in [0.5, 0.6) is 5.75 Å². The molecule has 2 heterocycles. The van der Waals surface area contributed by atoms with E-state index in [1.54, 1.807) is 12.6 Å². The fraction of sp³-hybridized carbons (Fsp3) is 0.267. The van der Waals surface area contributed by atoms with Crippen LogP contribution in [-0.4, -0.2) is 34.7 Å². The van der Waals surface area contributed by atoms with Gasteiger partial charge in [-0.3, -0.25) is 10.0 Å². The first-order chi connectivity index (χ1) is 10.7. The van der Waals surface area contributed by atoms with Crippen molar-refractivity contribution in [1.82, 2.24) is 15.4 Å². The van der Waals surface area contributed by atoms with Gasteiger partial charge < -0.3 is 9.64 Å². The minimum atomic E-state index is -0.625. The van der Waals surface area contributed by atoms with Crippen LogP contribution in [0.2, 0.25) is 0 Å². The van der Waals surface area contributed by atoms with E-state index < -0.39 is 5.91 Å². The molecule has 7 nitrogen and oxygen atoms in total. The van der Waals surface area contributed by atoms with E-state index in [0.29, 0.717) is 12.5 Å². The summed E-state index contributed by atoms with van der Waals surface area (Å²) in [5.74, 6) is 0.764. The molecule has 0 radical (unpaired) electrons. The number of rotatable bonds is 3. The lowest BCUT2D eigenvalue weighted by Crippen LogP contribution is -2.32. The van der Waals surface area contributed by atoms with Gasteiger partial charge in [-0.2, -0.15) is 0 Å². The molecule has 0 unspecified atom stereocenters. The quantitative estimate of drug-likeness (QED) is 0.653. The van der Waals surface area contributed by atoms with Crippen LogP contribution >= 0.6 is 0 Å². The van der Waals surface area contributed by atoms with E-state index in [0.717, 1.165) is 18.7 Å². The maximum atomic E-state index is 11.3. The molecule has 0 atom stereocenters. The second kappa shape index (κ2) is 5.98. The number of aromatic nitrogens is 2. The normalized spacial score (nSPS) is 13.5. The van der Waals surface area contributed by atoms with Crippen LogP contribution in [0.3, 0.4) is 0 Å². The van der Waals surface area contributed by atoms with Gasteiger partial charge in [0, 0.05) is 25.5 Å². The first kappa shape index (κ1) is 14.3. The van der Waals surface area contributed by atoms with Gasteiger partial charge in [0.2, 0.25) is 5.95 Å². The minimum Gasteiger partial charge on any atom is -0.497 e. The molecule has 2 N–H and O–H groups in total. The van der Waals surface area contributed by atoms with E-state index in [1.807, 2.05) is 17.0 Å². The zero-order chi connectivity index (χ0) is 15.5. The van der Waals surface area contributed by atoms with Crippen LogP contribution < -0.4 is 15.1 Å². The summed E-state index contributed by atoms with van der Waals surface area (Å²) in [5, 5.41) is 8.59. The first-order valence-corrected chi connectivity index (χ1v) is 6.88. The largest absolute Gasteiger partial charge is 0.497 e. The number of benzene rings is 1. The van der Waals surface area contributed by atoms with E-state index in [2.05, 4.69) is 16.0 Å². The molecule has 1 aliphatic heterocycles. The van der Waals surface area contributed by atoms with Crippen LogP contribution in [0.1, 0.15) is 21.5 Å². The second-order valence-electron chi connectivity index (χ2n) is 5.02. The average Bonchev–Trinajstić information content (AvgIpc) is 2.60. The summed E-state index contributed by atoms with van der Waals surface area (Å²) in [4.78, 5) is 21.7. The number of amides is 1. The van der Waals surface area contributed by atoms with Crippen molar-refractivity contribution in [2.75, 3.05) is 18.6 Å². The smallest absolute Gasteiger partial charge is 0.277 e. The number of hydrogen-bond donors (Lipinski definition) is 2. The van der Waals surface area contributed by atoms with Crippen molar-refractivity contribution in [2.24, 2.45) is 0 Å². The van der Waals surface area contributed by atoms with Crippen LogP contribution in [-0.2, 0) is 13.0 Å². The van der Waals surface area contributed by atoms with Crippen LogP contribution in [0.4, 0.5) is 5.95 Å². The summed E-state index contributed by atoms with van der Waals surface area (Å²) < 4.78 is 5.26. The maximum Gasteiger partial charge on any atom is 0.277 e. The molecule has 0 saturated carbocycles. The Balaban J connectivity index is 1.80. The monoisotopic (exact) mass is 300 g/mol. The Labute approximate surface area is 127 Å². The molecule has 7 heteroatoms. The van der Waals surface area contributed by atoms with Crippen molar-refractivity contribution in [1.29, 1.82) is 0 Å². The Hall–Kier alpha value is -2.67. The van der Waals surface area contributed by atoms with Gasteiger partial charge >= 0.3 is 0 Å². The van der Waals surface area contributed by atoms with Crippen molar-refractivity contribution >= 4 is 11.9 Å². The van der Waals surface area contributed by atoms with E-state index >= 15 is 0 Å². The molecule has 1 amide bonds. The predicted octanol–water partition coefficient (Wildman–Crippen LogP) is 1.17. The van der Waals surface area contributed by atoms with Crippen molar-refractivity contribution in [3.63, 3.8) is 0 Å². The molecule has 1 aliphatic rings. The number of nitrogens with zero attached hydrogens (tertiary/aromatic N) is 3. The molecule has 2 aromatic rings. The highest BCUT2D eigenvalue weighted by atomic mass is 16.5. The summed E-state index contributed by atoms with van der Waals surface area (Å²) in [7, 11) is 1.65. The topological polar surface area (TPSA) is 87.6 Å². The lowest BCUT2D eigenvalue weighted by atomic mass is 10.00. The highest BCUT2D eigenvalue weighted by Crippen LogP contribution is 2.25. The summed E-state index contributed by atoms with van der Waals surface area (Å²) >= 11 is 0. The molecular weight excluding hydrogens is 284 g/mol. The van der Waals surface area contributed by atoms with E-state index in [1.165, 1.54) is 23.5 Å². The molecule has 114 valence electrons. The van der Waals surface area contributed by atoms with Gasteiger partial charge in [-0.1, -0.05) is 6.07 Å². The summed E-state index contributed by atoms with van der Waals surface area (Å²) in [5.41, 5.74) is 4.26. The Kier molecular flexibility index (Phi) is 3.88. The molecular formula is C15H16N4O3. The summed E-state index contributed by atoms with van der Waals surface area (Å²) in [6.45, 7) is 1.50. The minimum absolute atomic E-state index is 0.213. The number of anilines is 1. The van der Waals surface area contributed by atoms with Gasteiger partial charge in [0.15, 0.2) is 0 Å². The van der Waals surface area contributed by atoms with E-state index in [9.17, 15) is 4.79 Å². The first-order valence-electron chi connectivity index (χ1n) is 6.88. The lowest BCUT2D eigenvalue weighted by Gasteiger charge is -2.29. The Morgan fingerprint density at radius 3 is 2.77 bits per heavy atom. The zero-order valence-electron chi connectivity index (χ0n) is 12.1. The Morgan fingerprint density at radius 2 is 2.09 bits per heavy atom. The number of hydrogen-bond acceptors (Lipinski definition) is 6. The highest BCUT2D eigenvalue weighted by Gasteiger charge is 2.19. The summed E-state index contributed by atoms with van der Waals surface area (Å²) in [6, 6.07) is 6.07. The lowest BCUT2D eigenvalue weighted by molar-refractivity contribution is 0.0705. The van der Waals surface area contributed by atoms with Crippen LogP contribution in [0.15, 0.2) is 30.6 Å². The molecule has 1 aromatic heterocycles. The highest BCUT2D eigenvalue weighted by molar-refractivity contribution is 5.92. The number of ether oxygens (including phenoxy) is 1. The fourth-order valence-electron chi connectivity index (χ4n) is 2.50. The van der Waals surface area contributed by atoms with Gasteiger partial charge in [0.05, 0.1) is 12.7 Å². The number of fused-ring (bicyclic) bond motifs is 1. The van der Waals surface area contributed by atoms with Crippen molar-refractivity contribution in [3.05, 3.63) is 47.3 Å². The number of carbonyl (C=O) groups excluding carboxylic acids is 1. The van der Waals surface area contributed by atoms with Crippen molar-refractivity contribution < 1.29 is 14.7 Å². The van der Waals surface area contributed by atoms with Crippen molar-refractivity contribution in [2.45, 2.75) is 13.0 Å². The fourth-order valence-corrected chi connectivity index (χ4v) is 2.50. The molecule has 0 bridgehead atoms. The van der Waals surface area contributed by atoms with E-state index in [4.69, 9.17) is 9.94 Å². The molecule has 0 fully saturated rings. The van der Waals surface area contributed by atoms with Gasteiger partial charge in [-0.05, 0) is 29.7 Å². The molecule has 0 spiro atoms. The second-order valence-corrected chi connectivity index (χ2v) is 5.02. The van der Waals surface area contributed by atoms with Gasteiger partial charge in [-0.15, -0.1) is 0 Å². The van der Waals surface area contributed by atoms with E-state index in [-0.39, 0.29) is 5.56 Å². The third-order valence-corrected chi connectivity index (χ3v) is 3.71. The van der Waals surface area contributed by atoms with Gasteiger partial charge in [0.25, 0.3) is 5.91 Å².